The van der Waals surface area contributed by atoms with Crippen molar-refractivity contribution >= 4 is 265 Å². The van der Waals surface area contributed by atoms with Gasteiger partial charge in [0.25, 0.3) is 0 Å². The van der Waals surface area contributed by atoms with Gasteiger partial charge in [-0.25, -0.2) is 0 Å². The molecule has 0 fully saturated rings. The van der Waals surface area contributed by atoms with Crippen molar-refractivity contribution < 1.29 is 4.42 Å². The molecule has 16 heteroatoms. The first-order chi connectivity index (χ1) is 29.6. The van der Waals surface area contributed by atoms with Gasteiger partial charge in [-0.1, -0.05) is 127 Å². The van der Waals surface area contributed by atoms with Crippen molar-refractivity contribution in [3.63, 3.8) is 0 Å². The average molecular weight is 774 g/mol. The Morgan fingerprint density at radius 1 is 0.274 bits per heavy atom. The molecule has 0 aliphatic rings. The van der Waals surface area contributed by atoms with Crippen molar-refractivity contribution in [1.29, 1.82) is 0 Å². The quantitative estimate of drug-likeness (QED) is 0.129. The zero-order chi connectivity index (χ0) is 44.0. The Morgan fingerprint density at radius 2 is 0.677 bits per heavy atom. The molecule has 1 nitrogen and oxygen atoms in total. The van der Waals surface area contributed by atoms with Crippen molar-refractivity contribution in [2.75, 3.05) is 0 Å². The molecule has 0 aliphatic carbocycles. The molecule has 10 rings (SSSR count). The first-order valence-electron chi connectivity index (χ1n) is 22.5. The lowest BCUT2D eigenvalue weighted by Gasteiger charge is -2.30. The van der Waals surface area contributed by atoms with E-state index in [9.17, 15) is 0 Å². The third kappa shape index (κ3) is 5.44. The molecule has 0 aliphatic heterocycles. The lowest BCUT2D eigenvalue weighted by atomic mass is 9.58. The van der Waals surface area contributed by atoms with E-state index < -0.39 is 0 Å². The fourth-order valence-electron chi connectivity index (χ4n) is 11.5. The highest BCUT2D eigenvalue weighted by atomic mass is 16.3. The average Bonchev–Trinajstić information content (AvgIpc) is 3.70. The van der Waals surface area contributed by atoms with E-state index in [1.165, 1.54) is 169 Å². The molecule has 0 saturated carbocycles. The van der Waals surface area contributed by atoms with Gasteiger partial charge in [0.05, 0.1) is 0 Å². The molecule has 278 valence electrons. The summed E-state index contributed by atoms with van der Waals surface area (Å²) < 4.78 is 6.99. The van der Waals surface area contributed by atoms with Gasteiger partial charge >= 0.3 is 0 Å². The molecule has 0 atom stereocenters. The maximum Gasteiger partial charge on any atom is 0.143 e. The monoisotopic (exact) mass is 776 g/mol. The summed E-state index contributed by atoms with van der Waals surface area (Å²) in [5.41, 5.74) is 29.9. The van der Waals surface area contributed by atoms with E-state index in [-0.39, 0.29) is 0 Å². The molecular formula is C46H43B15O. The van der Waals surface area contributed by atoms with Gasteiger partial charge in [0.1, 0.15) is 129 Å². The zero-order valence-electron chi connectivity index (χ0n) is 39.4. The minimum Gasteiger partial charge on any atom is -0.457 e. The highest BCUT2D eigenvalue weighted by Gasteiger charge is 2.29. The molecule has 0 saturated heterocycles. The number of hydrogen-bond donors (Lipinski definition) is 0. The third-order valence-corrected chi connectivity index (χ3v) is 16.2. The van der Waals surface area contributed by atoms with Crippen molar-refractivity contribution in [2.24, 2.45) is 0 Å². The van der Waals surface area contributed by atoms with Crippen molar-refractivity contribution in [2.45, 2.75) is 0 Å². The minimum absolute atomic E-state index is 1.03. The van der Waals surface area contributed by atoms with Crippen LogP contribution in [0.4, 0.5) is 0 Å². The lowest BCUT2D eigenvalue weighted by Crippen LogP contribution is -2.50. The van der Waals surface area contributed by atoms with E-state index >= 15 is 0 Å². The van der Waals surface area contributed by atoms with Crippen LogP contribution in [0, 0.1) is 0 Å². The summed E-state index contributed by atoms with van der Waals surface area (Å²) in [4.78, 5) is 0. The van der Waals surface area contributed by atoms with Crippen LogP contribution in [0.25, 0.3) is 98.4 Å². The first kappa shape index (κ1) is 40.8. The van der Waals surface area contributed by atoms with Gasteiger partial charge in [0, 0.05) is 10.8 Å². The predicted octanol–water partition coefficient (Wildman–Crippen LogP) is -12.9. The molecule has 0 N–H and O–H groups in total. The van der Waals surface area contributed by atoms with Crippen molar-refractivity contribution in [1.82, 2.24) is 0 Å². The predicted molar refractivity (Wildman–Crippen MR) is 323 cm³/mol. The summed E-state index contributed by atoms with van der Waals surface area (Å²) in [6.45, 7) is 0. The standard InChI is InChI=1S/C46H43B15O/c47-30-27(35(52)43(60)45-28(30)29-36(53)41(58)42(59)44(61)46(29)62-45)22-25-23(31(48)37(54)39(56)33(25)50)21(24-26(22)34(51)40(57)38(55)32(24)49)20-12-11-17(18-7-3-4-8-19(18)20)16-10-9-14-5-1-2-6-15(14)13-16/h1-13H,47-61H2. The number of hydrogen-bond acceptors (Lipinski definition) is 1. The Bertz CT molecular complexity index is 3620. The molecule has 0 spiro atoms. The van der Waals surface area contributed by atoms with Crippen LogP contribution in [0.2, 0.25) is 0 Å². The summed E-state index contributed by atoms with van der Waals surface area (Å²) in [6, 6.07) is 29.5. The molecule has 62 heavy (non-hydrogen) atoms. The smallest absolute Gasteiger partial charge is 0.143 e. The topological polar surface area (TPSA) is 13.1 Å². The fraction of sp³-hybridized carbons (Fsp3) is 0. The Labute approximate surface area is 379 Å². The van der Waals surface area contributed by atoms with Gasteiger partial charge < -0.3 is 4.42 Å². The molecule has 0 amide bonds. The summed E-state index contributed by atoms with van der Waals surface area (Å²) in [5, 5.41) is 13.1. The van der Waals surface area contributed by atoms with Crippen LogP contribution < -0.4 is 81.9 Å². The normalized spacial score (nSPS) is 11.9. The lowest BCUT2D eigenvalue weighted by molar-refractivity contribution is 0.675. The summed E-state index contributed by atoms with van der Waals surface area (Å²) >= 11 is 0. The molecule has 0 radical (unpaired) electrons. The van der Waals surface area contributed by atoms with Crippen LogP contribution in [0.5, 0.6) is 0 Å². The van der Waals surface area contributed by atoms with Crippen molar-refractivity contribution in [3.8, 4) is 33.4 Å². The Kier molecular flexibility index (Phi) is 9.50. The number of furan rings is 1. The second kappa shape index (κ2) is 14.4. The summed E-state index contributed by atoms with van der Waals surface area (Å²) in [7, 11) is 34.9. The fourth-order valence-corrected chi connectivity index (χ4v) is 11.5. The third-order valence-electron chi connectivity index (χ3n) is 16.2. The maximum absolute atomic E-state index is 6.99. The van der Waals surface area contributed by atoms with Crippen LogP contribution in [-0.4, -0.2) is 118 Å². The maximum atomic E-state index is 6.99. The van der Waals surface area contributed by atoms with E-state index in [1.54, 1.807) is 0 Å². The van der Waals surface area contributed by atoms with Crippen molar-refractivity contribution in [3.05, 3.63) is 78.9 Å². The van der Waals surface area contributed by atoms with Crippen LogP contribution in [0.1, 0.15) is 0 Å². The zero-order valence-corrected chi connectivity index (χ0v) is 39.4. The van der Waals surface area contributed by atoms with Gasteiger partial charge in [-0.15, -0.1) is 27.3 Å². The second-order valence-electron chi connectivity index (χ2n) is 18.8. The Balaban J connectivity index is 1.44. The van der Waals surface area contributed by atoms with Crippen LogP contribution >= 0.6 is 0 Å². The van der Waals surface area contributed by atoms with Gasteiger partial charge in [-0.3, -0.25) is 0 Å². The highest BCUT2D eigenvalue weighted by Crippen LogP contribution is 2.44. The van der Waals surface area contributed by atoms with E-state index in [2.05, 4.69) is 197 Å². The van der Waals surface area contributed by atoms with Gasteiger partial charge in [-0.05, 0) is 82.5 Å². The first-order valence-corrected chi connectivity index (χ1v) is 22.5. The number of benzene rings is 9. The Morgan fingerprint density at radius 3 is 1.23 bits per heavy atom. The van der Waals surface area contributed by atoms with Gasteiger partial charge in [-0.2, -0.15) is 0 Å². The SMILES string of the molecule is Bc1c(B)c(B)c2c(oc3c(B)c(B)c(-c4c5c(B)c(B)c(B)c(B)c5c(-c5ccc(-c6ccc7ccccc7c6)c6ccccc56)c5c(B)c(B)c(B)c(B)c45)c(B)c32)c1B. The molecule has 10 aromatic rings. The number of fused-ring (bicyclic) bond motifs is 7. The minimum atomic E-state index is 1.03. The summed E-state index contributed by atoms with van der Waals surface area (Å²) in [5.74, 6) is 0. The van der Waals surface area contributed by atoms with E-state index in [0.29, 0.717) is 0 Å². The highest BCUT2D eigenvalue weighted by molar-refractivity contribution is 6.73. The second-order valence-corrected chi connectivity index (χ2v) is 18.8. The molecular weight excluding hydrogens is 731 g/mol. The van der Waals surface area contributed by atoms with Gasteiger partial charge in [0.15, 0.2) is 0 Å². The molecule has 1 aromatic heterocycles. The Hall–Kier alpha value is -5.21. The van der Waals surface area contributed by atoms with Crippen LogP contribution in [0.15, 0.2) is 83.3 Å². The van der Waals surface area contributed by atoms with Gasteiger partial charge in [0.2, 0.25) is 0 Å². The van der Waals surface area contributed by atoms with E-state index in [4.69, 9.17) is 4.42 Å². The number of rotatable bonds is 3. The largest absolute Gasteiger partial charge is 0.457 e. The molecule has 0 unspecified atom stereocenters. The molecule has 9 aromatic carbocycles. The summed E-state index contributed by atoms with van der Waals surface area (Å²) in [6.07, 6.45) is 0. The molecule has 1 heterocycles. The van der Waals surface area contributed by atoms with E-state index in [0.717, 1.165) is 11.2 Å². The molecule has 0 bridgehead atoms. The van der Waals surface area contributed by atoms with Crippen LogP contribution in [0.3, 0.4) is 0 Å². The van der Waals surface area contributed by atoms with Crippen LogP contribution in [-0.2, 0) is 0 Å². The van der Waals surface area contributed by atoms with E-state index in [1.807, 2.05) is 0 Å².